The van der Waals surface area contributed by atoms with E-state index >= 15 is 0 Å². The Morgan fingerprint density at radius 1 is 1.14 bits per heavy atom. The standard InChI is InChI=1S/C15H13ClN2O3/c16-10-6-7-11(15(20)21)12(8-10)18-14(19)13(17)9-4-2-1-3-5-9/h1-8,13H,17H2,(H,18,19)(H,20,21)/t13-/m0/s1. The van der Waals surface area contributed by atoms with Gasteiger partial charge in [0, 0.05) is 5.02 Å². The predicted molar refractivity (Wildman–Crippen MR) is 80.4 cm³/mol. The minimum absolute atomic E-state index is 0.0481. The van der Waals surface area contributed by atoms with Crippen molar-refractivity contribution < 1.29 is 14.7 Å². The Hall–Kier alpha value is -2.37. The molecule has 0 saturated heterocycles. The summed E-state index contributed by atoms with van der Waals surface area (Å²) in [5.41, 5.74) is 6.56. The van der Waals surface area contributed by atoms with Crippen molar-refractivity contribution in [1.29, 1.82) is 0 Å². The molecule has 0 heterocycles. The van der Waals surface area contributed by atoms with Gasteiger partial charge in [-0.05, 0) is 23.8 Å². The third-order valence-electron chi connectivity index (χ3n) is 2.91. The molecule has 0 saturated carbocycles. The third-order valence-corrected chi connectivity index (χ3v) is 3.15. The molecule has 0 aliphatic heterocycles. The second-order valence-corrected chi connectivity index (χ2v) is 4.81. The monoisotopic (exact) mass is 304 g/mol. The summed E-state index contributed by atoms with van der Waals surface area (Å²) < 4.78 is 0. The van der Waals surface area contributed by atoms with Crippen molar-refractivity contribution in [2.45, 2.75) is 6.04 Å². The van der Waals surface area contributed by atoms with Crippen LogP contribution in [0.3, 0.4) is 0 Å². The van der Waals surface area contributed by atoms with Crippen LogP contribution in [-0.2, 0) is 4.79 Å². The van der Waals surface area contributed by atoms with Crippen molar-refractivity contribution in [2.24, 2.45) is 5.73 Å². The van der Waals surface area contributed by atoms with E-state index in [4.69, 9.17) is 22.4 Å². The van der Waals surface area contributed by atoms with Crippen LogP contribution in [0.15, 0.2) is 48.5 Å². The molecule has 4 N–H and O–H groups in total. The van der Waals surface area contributed by atoms with Crippen LogP contribution in [0.5, 0.6) is 0 Å². The Morgan fingerprint density at radius 3 is 2.43 bits per heavy atom. The second kappa shape index (κ2) is 6.39. The van der Waals surface area contributed by atoms with Crippen LogP contribution in [-0.4, -0.2) is 17.0 Å². The average molecular weight is 305 g/mol. The molecule has 0 unspecified atom stereocenters. The molecule has 108 valence electrons. The third kappa shape index (κ3) is 3.59. The number of hydrogen-bond acceptors (Lipinski definition) is 3. The summed E-state index contributed by atoms with van der Waals surface area (Å²) in [6.45, 7) is 0. The number of rotatable bonds is 4. The number of benzene rings is 2. The van der Waals surface area contributed by atoms with Gasteiger partial charge in [-0.3, -0.25) is 4.79 Å². The van der Waals surface area contributed by atoms with Gasteiger partial charge in [0.05, 0.1) is 11.3 Å². The number of carboxylic acid groups (broad SMARTS) is 1. The summed E-state index contributed by atoms with van der Waals surface area (Å²) in [5, 5.41) is 11.9. The van der Waals surface area contributed by atoms with E-state index in [-0.39, 0.29) is 11.3 Å². The maximum Gasteiger partial charge on any atom is 0.337 e. The number of hydrogen-bond donors (Lipinski definition) is 3. The molecule has 5 nitrogen and oxygen atoms in total. The number of carboxylic acids is 1. The molecular formula is C15H13ClN2O3. The first-order valence-electron chi connectivity index (χ1n) is 6.13. The molecule has 2 aromatic carbocycles. The molecule has 0 spiro atoms. The van der Waals surface area contributed by atoms with E-state index in [0.29, 0.717) is 10.6 Å². The lowest BCUT2D eigenvalue weighted by molar-refractivity contribution is -0.117. The molecule has 0 radical (unpaired) electrons. The Kier molecular flexibility index (Phi) is 4.57. The number of nitrogens with two attached hydrogens (primary N) is 1. The van der Waals surface area contributed by atoms with E-state index in [1.54, 1.807) is 24.3 Å². The van der Waals surface area contributed by atoms with Crippen LogP contribution in [0, 0.1) is 0 Å². The molecule has 0 aliphatic rings. The normalized spacial score (nSPS) is 11.7. The summed E-state index contributed by atoms with van der Waals surface area (Å²) in [5.74, 6) is -1.67. The number of carbonyl (C=O) groups is 2. The molecule has 2 aromatic rings. The number of amides is 1. The SMILES string of the molecule is N[C@H](C(=O)Nc1cc(Cl)ccc1C(=O)O)c1ccccc1. The molecule has 0 aliphatic carbocycles. The molecule has 2 rings (SSSR count). The van der Waals surface area contributed by atoms with Crippen LogP contribution in [0.2, 0.25) is 5.02 Å². The highest BCUT2D eigenvalue weighted by Gasteiger charge is 2.18. The van der Waals surface area contributed by atoms with E-state index in [2.05, 4.69) is 5.32 Å². The molecular weight excluding hydrogens is 292 g/mol. The first-order valence-corrected chi connectivity index (χ1v) is 6.51. The second-order valence-electron chi connectivity index (χ2n) is 4.37. The highest BCUT2D eigenvalue weighted by Crippen LogP contribution is 2.22. The van der Waals surface area contributed by atoms with Crippen molar-refractivity contribution in [2.75, 3.05) is 5.32 Å². The Balaban J connectivity index is 2.24. The fraction of sp³-hybridized carbons (Fsp3) is 0.0667. The zero-order chi connectivity index (χ0) is 15.4. The van der Waals surface area contributed by atoms with Crippen molar-refractivity contribution in [1.82, 2.24) is 0 Å². The van der Waals surface area contributed by atoms with E-state index < -0.39 is 17.9 Å². The van der Waals surface area contributed by atoms with Gasteiger partial charge in [-0.1, -0.05) is 41.9 Å². The van der Waals surface area contributed by atoms with Gasteiger partial charge in [0.1, 0.15) is 6.04 Å². The minimum atomic E-state index is -1.16. The Bertz CT molecular complexity index is 674. The van der Waals surface area contributed by atoms with E-state index in [9.17, 15) is 9.59 Å². The zero-order valence-electron chi connectivity index (χ0n) is 10.9. The first-order chi connectivity index (χ1) is 9.99. The summed E-state index contributed by atoms with van der Waals surface area (Å²) in [6, 6.07) is 12.0. The number of halogens is 1. The van der Waals surface area contributed by atoms with Crippen LogP contribution < -0.4 is 11.1 Å². The van der Waals surface area contributed by atoms with Gasteiger partial charge in [0.2, 0.25) is 5.91 Å². The fourth-order valence-corrected chi connectivity index (χ4v) is 2.00. The van der Waals surface area contributed by atoms with Crippen molar-refractivity contribution in [3.63, 3.8) is 0 Å². The van der Waals surface area contributed by atoms with Crippen molar-refractivity contribution in [3.05, 3.63) is 64.7 Å². The summed E-state index contributed by atoms with van der Waals surface area (Å²) >= 11 is 5.83. The first kappa shape index (κ1) is 15.0. The number of anilines is 1. The van der Waals surface area contributed by atoms with Gasteiger partial charge in [-0.25, -0.2) is 4.79 Å². The van der Waals surface area contributed by atoms with Gasteiger partial charge in [-0.2, -0.15) is 0 Å². The van der Waals surface area contributed by atoms with Gasteiger partial charge < -0.3 is 16.2 Å². The molecule has 0 fully saturated rings. The topological polar surface area (TPSA) is 92.4 Å². The summed E-state index contributed by atoms with van der Waals surface area (Å²) in [4.78, 5) is 23.3. The van der Waals surface area contributed by atoms with Crippen molar-refractivity contribution >= 4 is 29.2 Å². The lowest BCUT2D eigenvalue weighted by atomic mass is 10.1. The highest BCUT2D eigenvalue weighted by atomic mass is 35.5. The van der Waals surface area contributed by atoms with Gasteiger partial charge in [0.15, 0.2) is 0 Å². The molecule has 1 atom stereocenters. The highest BCUT2D eigenvalue weighted by molar-refractivity contribution is 6.31. The van der Waals surface area contributed by atoms with Gasteiger partial charge in [0.25, 0.3) is 0 Å². The maximum absolute atomic E-state index is 12.1. The smallest absolute Gasteiger partial charge is 0.337 e. The van der Waals surface area contributed by atoms with E-state index in [1.807, 2.05) is 6.07 Å². The summed E-state index contributed by atoms with van der Waals surface area (Å²) in [7, 11) is 0. The van der Waals surface area contributed by atoms with Crippen LogP contribution in [0.1, 0.15) is 22.0 Å². The summed E-state index contributed by atoms with van der Waals surface area (Å²) in [6.07, 6.45) is 0. The predicted octanol–water partition coefficient (Wildman–Crippen LogP) is 2.68. The minimum Gasteiger partial charge on any atom is -0.478 e. The van der Waals surface area contributed by atoms with Gasteiger partial charge in [-0.15, -0.1) is 0 Å². The zero-order valence-corrected chi connectivity index (χ0v) is 11.7. The number of nitrogens with one attached hydrogen (secondary N) is 1. The molecule has 0 aromatic heterocycles. The van der Waals surface area contributed by atoms with E-state index in [0.717, 1.165) is 0 Å². The van der Waals surface area contributed by atoms with E-state index in [1.165, 1.54) is 18.2 Å². The molecule has 21 heavy (non-hydrogen) atoms. The van der Waals surface area contributed by atoms with Crippen LogP contribution >= 0.6 is 11.6 Å². The number of carbonyl (C=O) groups excluding carboxylic acids is 1. The van der Waals surface area contributed by atoms with Gasteiger partial charge >= 0.3 is 5.97 Å². The molecule has 6 heteroatoms. The molecule has 1 amide bonds. The fourth-order valence-electron chi connectivity index (χ4n) is 1.83. The average Bonchev–Trinajstić information content (AvgIpc) is 2.47. The quantitative estimate of drug-likeness (QED) is 0.809. The lowest BCUT2D eigenvalue weighted by Gasteiger charge is -2.14. The van der Waals surface area contributed by atoms with Crippen LogP contribution in [0.25, 0.3) is 0 Å². The number of aromatic carboxylic acids is 1. The van der Waals surface area contributed by atoms with Crippen LogP contribution in [0.4, 0.5) is 5.69 Å². The lowest BCUT2D eigenvalue weighted by Crippen LogP contribution is -2.28. The largest absolute Gasteiger partial charge is 0.478 e. The Labute approximate surface area is 126 Å². The maximum atomic E-state index is 12.1. The Morgan fingerprint density at radius 2 is 1.81 bits per heavy atom. The van der Waals surface area contributed by atoms with Crippen molar-refractivity contribution in [3.8, 4) is 0 Å². The molecule has 0 bridgehead atoms.